The Balaban J connectivity index is 2.08. The Morgan fingerprint density at radius 2 is 1.94 bits per heavy atom. The summed E-state index contributed by atoms with van der Waals surface area (Å²) in [7, 11) is 0. The highest BCUT2D eigenvalue weighted by Gasteiger charge is 1.96. The molecule has 3 nitrogen and oxygen atoms in total. The summed E-state index contributed by atoms with van der Waals surface area (Å²) in [5.41, 5.74) is 3.12. The van der Waals surface area contributed by atoms with Crippen molar-refractivity contribution in [2.75, 3.05) is 0 Å². The summed E-state index contributed by atoms with van der Waals surface area (Å²) in [6, 6.07) is 14.1. The summed E-state index contributed by atoms with van der Waals surface area (Å²) in [5, 5.41) is 2.66. The van der Waals surface area contributed by atoms with E-state index in [2.05, 4.69) is 22.3 Å². The molecule has 1 aromatic heterocycles. The maximum absolute atomic E-state index is 9.93. The monoisotopic (exact) mass is 224 g/mol. The van der Waals surface area contributed by atoms with Crippen molar-refractivity contribution < 1.29 is 0 Å². The van der Waals surface area contributed by atoms with Gasteiger partial charge in [0.2, 0.25) is 0 Å². The molecule has 0 amide bonds. The predicted octanol–water partition coefficient (Wildman–Crippen LogP) is 3.41. The quantitative estimate of drug-likeness (QED) is 0.747. The summed E-state index contributed by atoms with van der Waals surface area (Å²) >= 11 is 0. The average Bonchev–Trinajstić information content (AvgIpc) is 2.39. The number of nitroso groups, excluding NO2 is 1. The van der Waals surface area contributed by atoms with E-state index in [1.807, 2.05) is 30.3 Å². The van der Waals surface area contributed by atoms with Gasteiger partial charge in [0, 0.05) is 18.3 Å². The molecule has 2 aromatic rings. The molecule has 0 radical (unpaired) electrons. The van der Waals surface area contributed by atoms with Crippen LogP contribution in [0.1, 0.15) is 16.8 Å². The molecule has 1 aromatic carbocycles. The molecule has 0 saturated heterocycles. The zero-order valence-electron chi connectivity index (χ0n) is 9.28. The van der Waals surface area contributed by atoms with E-state index in [0.717, 1.165) is 17.7 Å². The van der Waals surface area contributed by atoms with Crippen molar-refractivity contribution in [3.63, 3.8) is 0 Å². The van der Waals surface area contributed by atoms with Crippen molar-refractivity contribution >= 4 is 6.08 Å². The fourth-order valence-corrected chi connectivity index (χ4v) is 1.56. The maximum atomic E-state index is 9.93. The number of nitrogens with zero attached hydrogens (tertiary/aromatic N) is 2. The first-order valence-corrected chi connectivity index (χ1v) is 5.36. The van der Waals surface area contributed by atoms with Gasteiger partial charge in [0.05, 0.1) is 6.20 Å². The summed E-state index contributed by atoms with van der Waals surface area (Å²) in [4.78, 5) is 14.3. The first-order valence-electron chi connectivity index (χ1n) is 5.36. The molecule has 0 saturated carbocycles. The standard InChI is InChI=1S/C14H12N2O/c17-16-9-8-13-6-7-14(15-11-13)10-12-4-2-1-3-5-12/h1-9,11H,10H2/b9-8+. The van der Waals surface area contributed by atoms with Crippen LogP contribution in [0.2, 0.25) is 0 Å². The van der Waals surface area contributed by atoms with Gasteiger partial charge in [-0.3, -0.25) is 4.98 Å². The Labute approximate surface area is 99.8 Å². The highest BCUT2D eigenvalue weighted by molar-refractivity contribution is 5.47. The topological polar surface area (TPSA) is 42.3 Å². The van der Waals surface area contributed by atoms with Gasteiger partial charge in [0.25, 0.3) is 0 Å². The van der Waals surface area contributed by atoms with Gasteiger partial charge >= 0.3 is 0 Å². The molecule has 0 aliphatic carbocycles. The third kappa shape index (κ3) is 3.34. The van der Waals surface area contributed by atoms with E-state index in [1.165, 1.54) is 11.8 Å². The van der Waals surface area contributed by atoms with Crippen molar-refractivity contribution in [3.8, 4) is 0 Å². The van der Waals surface area contributed by atoms with Gasteiger partial charge in [-0.2, -0.15) is 0 Å². The van der Waals surface area contributed by atoms with Crippen LogP contribution < -0.4 is 0 Å². The highest BCUT2D eigenvalue weighted by Crippen LogP contribution is 2.08. The number of hydrogen-bond acceptors (Lipinski definition) is 3. The number of hydrogen-bond donors (Lipinski definition) is 0. The Kier molecular flexibility index (Phi) is 3.76. The molecular formula is C14H12N2O. The molecule has 0 aliphatic rings. The molecule has 84 valence electrons. The molecule has 0 bridgehead atoms. The lowest BCUT2D eigenvalue weighted by Crippen LogP contribution is -1.91. The number of pyridine rings is 1. The molecule has 3 heteroatoms. The number of aromatic nitrogens is 1. The fourth-order valence-electron chi connectivity index (χ4n) is 1.56. The lowest BCUT2D eigenvalue weighted by Gasteiger charge is -2.01. The van der Waals surface area contributed by atoms with Gasteiger partial charge in [0.1, 0.15) is 0 Å². The largest absolute Gasteiger partial charge is 0.260 e. The number of benzene rings is 1. The van der Waals surface area contributed by atoms with Gasteiger partial charge in [-0.05, 0) is 28.4 Å². The summed E-state index contributed by atoms with van der Waals surface area (Å²) in [6.07, 6.45) is 5.40. The molecule has 0 spiro atoms. The third-order valence-electron chi connectivity index (χ3n) is 2.40. The van der Waals surface area contributed by atoms with E-state index >= 15 is 0 Å². The summed E-state index contributed by atoms with van der Waals surface area (Å²) < 4.78 is 0. The van der Waals surface area contributed by atoms with E-state index in [9.17, 15) is 4.91 Å². The first-order chi connectivity index (χ1) is 8.38. The van der Waals surface area contributed by atoms with Gasteiger partial charge in [-0.15, -0.1) is 4.91 Å². The molecule has 0 N–H and O–H groups in total. The molecular weight excluding hydrogens is 212 g/mol. The Morgan fingerprint density at radius 3 is 2.59 bits per heavy atom. The Bertz CT molecular complexity index is 504. The van der Waals surface area contributed by atoms with Crippen LogP contribution in [0, 0.1) is 4.91 Å². The van der Waals surface area contributed by atoms with Crippen molar-refractivity contribution in [1.29, 1.82) is 0 Å². The van der Waals surface area contributed by atoms with Gasteiger partial charge in [-0.1, -0.05) is 36.4 Å². The molecule has 0 aliphatic heterocycles. The van der Waals surface area contributed by atoms with Gasteiger partial charge in [-0.25, -0.2) is 0 Å². The normalized spacial score (nSPS) is 10.6. The number of rotatable bonds is 4. The predicted molar refractivity (Wildman–Crippen MR) is 68.3 cm³/mol. The molecule has 1 heterocycles. The molecule has 17 heavy (non-hydrogen) atoms. The van der Waals surface area contributed by atoms with Gasteiger partial charge in [0.15, 0.2) is 0 Å². The van der Waals surface area contributed by atoms with Crippen LogP contribution in [-0.2, 0) is 6.42 Å². The zero-order valence-corrected chi connectivity index (χ0v) is 9.28. The first kappa shape index (κ1) is 11.2. The van der Waals surface area contributed by atoms with Crippen LogP contribution in [-0.4, -0.2) is 4.98 Å². The fraction of sp³-hybridized carbons (Fsp3) is 0.0714. The smallest absolute Gasteiger partial charge is 0.0721 e. The minimum absolute atomic E-state index is 0.816. The third-order valence-corrected chi connectivity index (χ3v) is 2.40. The van der Waals surface area contributed by atoms with Crippen molar-refractivity contribution in [1.82, 2.24) is 4.98 Å². The lowest BCUT2D eigenvalue weighted by molar-refractivity contribution is 1.07. The molecule has 0 atom stereocenters. The van der Waals surface area contributed by atoms with Crippen LogP contribution in [0.5, 0.6) is 0 Å². The SMILES string of the molecule is O=N/C=C/c1ccc(Cc2ccccc2)nc1. The van der Waals surface area contributed by atoms with Crippen molar-refractivity contribution in [2.45, 2.75) is 6.42 Å². The Hall–Kier alpha value is -2.29. The van der Waals surface area contributed by atoms with Crippen LogP contribution in [0.15, 0.2) is 60.0 Å². The second-order valence-electron chi connectivity index (χ2n) is 3.67. The minimum atomic E-state index is 0.816. The lowest BCUT2D eigenvalue weighted by atomic mass is 10.1. The van der Waals surface area contributed by atoms with E-state index in [4.69, 9.17) is 0 Å². The van der Waals surface area contributed by atoms with Crippen molar-refractivity contribution in [3.05, 3.63) is 76.6 Å². The second kappa shape index (κ2) is 5.70. The van der Waals surface area contributed by atoms with E-state index in [0.29, 0.717) is 0 Å². The van der Waals surface area contributed by atoms with Crippen LogP contribution in [0.25, 0.3) is 6.08 Å². The minimum Gasteiger partial charge on any atom is -0.260 e. The highest BCUT2D eigenvalue weighted by atomic mass is 16.2. The van der Waals surface area contributed by atoms with E-state index < -0.39 is 0 Å². The second-order valence-corrected chi connectivity index (χ2v) is 3.67. The molecule has 2 rings (SSSR count). The zero-order chi connectivity index (χ0) is 11.9. The van der Waals surface area contributed by atoms with Crippen LogP contribution in [0.4, 0.5) is 0 Å². The van der Waals surface area contributed by atoms with Gasteiger partial charge < -0.3 is 0 Å². The average molecular weight is 224 g/mol. The summed E-state index contributed by atoms with van der Waals surface area (Å²) in [5.74, 6) is 0. The maximum Gasteiger partial charge on any atom is 0.0721 e. The van der Waals surface area contributed by atoms with Crippen molar-refractivity contribution in [2.24, 2.45) is 5.18 Å². The van der Waals surface area contributed by atoms with E-state index in [-0.39, 0.29) is 0 Å². The molecule has 0 fully saturated rings. The Morgan fingerprint density at radius 1 is 1.12 bits per heavy atom. The van der Waals surface area contributed by atoms with E-state index in [1.54, 1.807) is 12.3 Å². The van der Waals surface area contributed by atoms with Crippen LogP contribution in [0.3, 0.4) is 0 Å². The molecule has 0 unspecified atom stereocenters. The van der Waals surface area contributed by atoms with Crippen LogP contribution >= 0.6 is 0 Å². The summed E-state index contributed by atoms with van der Waals surface area (Å²) in [6.45, 7) is 0.